The fourth-order valence-corrected chi connectivity index (χ4v) is 8.47. The molecule has 0 aliphatic heterocycles. The number of aromatic nitrogens is 4. The quantitative estimate of drug-likeness (QED) is 0.178. The van der Waals surface area contributed by atoms with Crippen LogP contribution in [0.1, 0.15) is 43.2 Å². The van der Waals surface area contributed by atoms with E-state index in [2.05, 4.69) is 148 Å². The van der Waals surface area contributed by atoms with Crippen molar-refractivity contribution in [2.75, 3.05) is 0 Å². The summed E-state index contributed by atoms with van der Waals surface area (Å²) in [5.41, 5.74) is 14.6. The maximum atomic E-state index is 6.79. The summed E-state index contributed by atoms with van der Waals surface area (Å²) in [5, 5.41) is 1.10. The first kappa shape index (κ1) is 29.7. The summed E-state index contributed by atoms with van der Waals surface area (Å²) in [6.07, 6.45) is 10.2. The molecule has 246 valence electrons. The van der Waals surface area contributed by atoms with Gasteiger partial charge in [-0.1, -0.05) is 116 Å². The number of fused-ring (bicyclic) bond motifs is 4. The molecule has 4 aromatic heterocycles. The van der Waals surface area contributed by atoms with Crippen molar-refractivity contribution in [3.63, 3.8) is 0 Å². The number of benzene rings is 5. The molecule has 0 radical (unpaired) electrons. The van der Waals surface area contributed by atoms with Crippen molar-refractivity contribution in [1.82, 2.24) is 19.1 Å². The fourth-order valence-electron chi connectivity index (χ4n) is 8.47. The smallest absolute Gasteiger partial charge is 0.161 e. The lowest BCUT2D eigenvalue weighted by atomic mass is 9.80. The van der Waals surface area contributed by atoms with E-state index in [0.717, 1.165) is 74.7 Å². The Kier molecular flexibility index (Phi) is 7.16. The monoisotopic (exact) mass is 660 g/mol. The van der Waals surface area contributed by atoms with Crippen LogP contribution in [-0.2, 0) is 0 Å². The minimum Gasteiger partial charge on any atom is -0.452 e. The third-order valence-corrected chi connectivity index (χ3v) is 10.8. The Bertz CT molecular complexity index is 2650. The van der Waals surface area contributed by atoms with Crippen molar-refractivity contribution in [3.8, 4) is 39.2 Å². The van der Waals surface area contributed by atoms with Crippen LogP contribution < -0.4 is 0 Å². The van der Waals surface area contributed by atoms with Crippen LogP contribution in [0.5, 0.6) is 0 Å². The van der Waals surface area contributed by atoms with Gasteiger partial charge < -0.3 is 8.98 Å². The molecular formula is C46H36N4O. The second kappa shape index (κ2) is 12.3. The Morgan fingerprint density at radius 1 is 0.667 bits per heavy atom. The number of hydrogen-bond donors (Lipinski definition) is 0. The molecule has 0 bridgehead atoms. The number of para-hydroxylation sites is 1. The van der Waals surface area contributed by atoms with Gasteiger partial charge in [0, 0.05) is 28.9 Å². The minimum absolute atomic E-state index is 0.269. The first-order valence-electron chi connectivity index (χ1n) is 17.9. The van der Waals surface area contributed by atoms with E-state index >= 15 is 0 Å². The van der Waals surface area contributed by atoms with Crippen LogP contribution in [0.3, 0.4) is 0 Å². The van der Waals surface area contributed by atoms with Crippen molar-refractivity contribution in [2.24, 2.45) is 0 Å². The summed E-state index contributed by atoms with van der Waals surface area (Å²) in [6.45, 7) is 0. The van der Waals surface area contributed by atoms with Gasteiger partial charge in [-0.05, 0) is 77.8 Å². The van der Waals surface area contributed by atoms with E-state index in [1.807, 2.05) is 24.8 Å². The van der Waals surface area contributed by atoms with E-state index < -0.39 is 0 Å². The molecule has 0 N–H and O–H groups in total. The van der Waals surface area contributed by atoms with Crippen LogP contribution in [-0.4, -0.2) is 19.1 Å². The second-order valence-corrected chi connectivity index (χ2v) is 13.8. The van der Waals surface area contributed by atoms with Crippen LogP contribution in [0, 0.1) is 0 Å². The van der Waals surface area contributed by atoms with Gasteiger partial charge in [0.15, 0.2) is 11.2 Å². The van der Waals surface area contributed by atoms with Crippen LogP contribution in [0.4, 0.5) is 0 Å². The number of furan rings is 1. The van der Waals surface area contributed by atoms with Gasteiger partial charge in [-0.3, -0.25) is 9.55 Å². The van der Waals surface area contributed by atoms with Crippen LogP contribution in [0.2, 0.25) is 0 Å². The molecule has 2 atom stereocenters. The van der Waals surface area contributed by atoms with E-state index in [0.29, 0.717) is 5.92 Å². The minimum atomic E-state index is 0.269. The predicted molar refractivity (Wildman–Crippen MR) is 207 cm³/mol. The highest BCUT2D eigenvalue weighted by Gasteiger charge is 2.33. The van der Waals surface area contributed by atoms with E-state index in [1.165, 1.54) is 28.8 Å². The molecule has 9 aromatic rings. The summed E-state index contributed by atoms with van der Waals surface area (Å²) in [4.78, 5) is 9.37. The summed E-state index contributed by atoms with van der Waals surface area (Å²) < 4.78 is 11.6. The highest BCUT2D eigenvalue weighted by molar-refractivity contribution is 6.13. The molecule has 5 nitrogen and oxygen atoms in total. The number of pyridine rings is 1. The lowest BCUT2D eigenvalue weighted by Gasteiger charge is -2.32. The topological polar surface area (TPSA) is 48.8 Å². The van der Waals surface area contributed by atoms with Crippen LogP contribution in [0.25, 0.3) is 72.3 Å². The van der Waals surface area contributed by atoms with Crippen molar-refractivity contribution < 1.29 is 4.42 Å². The number of imidazole rings is 1. The average molecular weight is 661 g/mol. The molecule has 10 rings (SSSR count). The van der Waals surface area contributed by atoms with Crippen molar-refractivity contribution in [1.29, 1.82) is 0 Å². The van der Waals surface area contributed by atoms with Gasteiger partial charge in [0.1, 0.15) is 6.33 Å². The van der Waals surface area contributed by atoms with Crippen LogP contribution >= 0.6 is 0 Å². The third kappa shape index (κ3) is 5.07. The Morgan fingerprint density at radius 3 is 2.25 bits per heavy atom. The summed E-state index contributed by atoms with van der Waals surface area (Å²) in [7, 11) is 0. The number of nitrogens with zero attached hydrogens (tertiary/aromatic N) is 4. The fraction of sp³-hybridized carbons (Fsp3) is 0.130. The SMILES string of the molecule is c1ccc(-c2cccc(C3CCCC(n4c(-c5ccc6c(c5)ncn6-c5ccccc5)c(-c5ccccc5)c5oc6cnccc6c54)C3)c2)cc1. The molecular weight excluding hydrogens is 625 g/mol. The molecule has 1 aliphatic rings. The normalized spacial score (nSPS) is 16.3. The zero-order valence-electron chi connectivity index (χ0n) is 28.2. The van der Waals surface area contributed by atoms with Gasteiger partial charge in [-0.15, -0.1) is 0 Å². The molecule has 0 spiro atoms. The van der Waals surface area contributed by atoms with E-state index in [-0.39, 0.29) is 6.04 Å². The third-order valence-electron chi connectivity index (χ3n) is 10.8. The number of hydrogen-bond acceptors (Lipinski definition) is 3. The van der Waals surface area contributed by atoms with Gasteiger partial charge in [-0.2, -0.15) is 0 Å². The highest BCUT2D eigenvalue weighted by Crippen LogP contribution is 2.50. The first-order valence-corrected chi connectivity index (χ1v) is 17.9. The van der Waals surface area contributed by atoms with Gasteiger partial charge >= 0.3 is 0 Å². The maximum absolute atomic E-state index is 6.79. The molecule has 0 saturated heterocycles. The van der Waals surface area contributed by atoms with Gasteiger partial charge in [0.05, 0.1) is 34.0 Å². The molecule has 5 heteroatoms. The lowest BCUT2D eigenvalue weighted by Crippen LogP contribution is -2.19. The molecule has 0 amide bonds. The zero-order valence-corrected chi connectivity index (χ0v) is 28.2. The Hall–Kier alpha value is -6.20. The highest BCUT2D eigenvalue weighted by atomic mass is 16.3. The lowest BCUT2D eigenvalue weighted by molar-refractivity contribution is 0.328. The average Bonchev–Trinajstić information content (AvgIpc) is 3.90. The molecule has 1 fully saturated rings. The summed E-state index contributed by atoms with van der Waals surface area (Å²) in [5.74, 6) is 0.446. The molecule has 51 heavy (non-hydrogen) atoms. The van der Waals surface area contributed by atoms with E-state index in [9.17, 15) is 0 Å². The van der Waals surface area contributed by atoms with Crippen molar-refractivity contribution in [2.45, 2.75) is 37.6 Å². The zero-order chi connectivity index (χ0) is 33.7. The summed E-state index contributed by atoms with van der Waals surface area (Å²) in [6, 6.07) is 50.2. The second-order valence-electron chi connectivity index (χ2n) is 13.8. The van der Waals surface area contributed by atoms with E-state index in [1.54, 1.807) is 0 Å². The van der Waals surface area contributed by atoms with Crippen molar-refractivity contribution >= 4 is 33.1 Å². The molecule has 4 heterocycles. The van der Waals surface area contributed by atoms with Crippen molar-refractivity contribution in [3.05, 3.63) is 164 Å². The summed E-state index contributed by atoms with van der Waals surface area (Å²) >= 11 is 0. The number of rotatable bonds is 6. The van der Waals surface area contributed by atoms with Gasteiger partial charge in [-0.25, -0.2) is 4.98 Å². The molecule has 2 unspecified atom stereocenters. The largest absolute Gasteiger partial charge is 0.452 e. The molecule has 1 saturated carbocycles. The Balaban J connectivity index is 1.17. The van der Waals surface area contributed by atoms with Crippen LogP contribution in [0.15, 0.2) is 163 Å². The Labute approximate surface area is 296 Å². The van der Waals surface area contributed by atoms with Gasteiger partial charge in [0.25, 0.3) is 0 Å². The maximum Gasteiger partial charge on any atom is 0.161 e. The van der Waals surface area contributed by atoms with E-state index in [4.69, 9.17) is 9.40 Å². The first-order chi connectivity index (χ1) is 25.3. The van der Waals surface area contributed by atoms with Gasteiger partial charge in [0.2, 0.25) is 0 Å². The predicted octanol–water partition coefficient (Wildman–Crippen LogP) is 12.0. The molecule has 1 aliphatic carbocycles. The molecule has 5 aromatic carbocycles. The Morgan fingerprint density at radius 2 is 1.43 bits per heavy atom. The standard InChI is InChI=1S/C46H36N4O/c1-4-12-31(13-5-1)33-16-10-17-34(26-33)35-18-11-21-38(27-35)50-44(36-22-23-41-40(28-36)48-30-49(41)37-19-8-3-9-20-37)43(32-14-6-2-7-15-32)46-45(50)39-24-25-47-29-42(39)51-46/h1-10,12-17,19-20,22-26,28-30,35,38H,11,18,21,27H2.